The van der Waals surface area contributed by atoms with Crippen LogP contribution in [0, 0.1) is 0 Å². The molecule has 0 aliphatic carbocycles. The van der Waals surface area contributed by atoms with Crippen LogP contribution in [0.4, 0.5) is 0 Å². The van der Waals surface area contributed by atoms with Crippen LogP contribution in [0.3, 0.4) is 0 Å². The fourth-order valence-electron chi connectivity index (χ4n) is 2.54. The molecule has 20 heavy (non-hydrogen) atoms. The fourth-order valence-corrected chi connectivity index (χ4v) is 2.54. The minimum absolute atomic E-state index is 0.134. The van der Waals surface area contributed by atoms with E-state index in [9.17, 15) is 5.11 Å². The zero-order valence-corrected chi connectivity index (χ0v) is 12.4. The zero-order valence-electron chi connectivity index (χ0n) is 12.4. The Morgan fingerprint density at radius 1 is 1.40 bits per heavy atom. The van der Waals surface area contributed by atoms with Gasteiger partial charge in [-0.15, -0.1) is 6.58 Å². The van der Waals surface area contributed by atoms with Crippen molar-refractivity contribution in [3.8, 4) is 5.75 Å². The number of hydrogen-bond acceptors (Lipinski definition) is 3. The van der Waals surface area contributed by atoms with Crippen molar-refractivity contribution in [1.29, 1.82) is 0 Å². The third-order valence-corrected chi connectivity index (χ3v) is 3.53. The van der Waals surface area contributed by atoms with Crippen molar-refractivity contribution in [2.24, 2.45) is 0 Å². The Kier molecular flexibility index (Phi) is 4.84. The van der Waals surface area contributed by atoms with Crippen molar-refractivity contribution in [1.82, 2.24) is 0 Å². The van der Waals surface area contributed by atoms with Gasteiger partial charge in [0.1, 0.15) is 5.75 Å². The topological polar surface area (TPSA) is 38.7 Å². The van der Waals surface area contributed by atoms with E-state index in [1.165, 1.54) is 0 Å². The molecule has 110 valence electrons. The van der Waals surface area contributed by atoms with E-state index in [1.54, 1.807) is 0 Å². The summed E-state index contributed by atoms with van der Waals surface area (Å²) in [5.74, 6) is 0.784. The monoisotopic (exact) mass is 276 g/mol. The average molecular weight is 276 g/mol. The molecular weight excluding hydrogens is 252 g/mol. The molecule has 0 spiro atoms. The summed E-state index contributed by atoms with van der Waals surface area (Å²) in [6.45, 7) is 8.36. The lowest BCUT2D eigenvalue weighted by Crippen LogP contribution is -2.25. The van der Waals surface area contributed by atoms with E-state index in [-0.39, 0.29) is 6.29 Å². The highest BCUT2D eigenvalue weighted by Gasteiger charge is 2.23. The Hall–Kier alpha value is -1.32. The largest absolute Gasteiger partial charge is 0.465 e. The second-order valence-electron chi connectivity index (χ2n) is 5.85. The summed E-state index contributed by atoms with van der Waals surface area (Å²) in [6, 6.07) is 7.59. The van der Waals surface area contributed by atoms with Crippen LogP contribution in [0.1, 0.15) is 45.1 Å². The molecule has 3 heteroatoms. The lowest BCUT2D eigenvalue weighted by molar-refractivity contribution is -0.105. The van der Waals surface area contributed by atoms with Crippen molar-refractivity contribution >= 4 is 0 Å². The van der Waals surface area contributed by atoms with Crippen LogP contribution in [-0.4, -0.2) is 18.0 Å². The first-order chi connectivity index (χ1) is 9.47. The molecule has 0 radical (unpaired) electrons. The van der Waals surface area contributed by atoms with Crippen LogP contribution in [-0.2, 0) is 10.3 Å². The molecule has 1 aromatic carbocycles. The third kappa shape index (κ3) is 4.09. The summed E-state index contributed by atoms with van der Waals surface area (Å²) in [5.41, 5.74) is 0.953. The molecule has 2 rings (SSSR count). The number of rotatable bonds is 5. The van der Waals surface area contributed by atoms with Crippen molar-refractivity contribution in [3.63, 3.8) is 0 Å². The molecule has 3 nitrogen and oxygen atoms in total. The van der Waals surface area contributed by atoms with Gasteiger partial charge < -0.3 is 14.6 Å². The van der Waals surface area contributed by atoms with Gasteiger partial charge in [0, 0.05) is 12.8 Å². The molecule has 0 aromatic heterocycles. The van der Waals surface area contributed by atoms with Gasteiger partial charge in [-0.05, 0) is 44.4 Å². The first-order valence-electron chi connectivity index (χ1n) is 7.23. The van der Waals surface area contributed by atoms with E-state index in [0.29, 0.717) is 6.42 Å². The maximum absolute atomic E-state index is 10.4. The summed E-state index contributed by atoms with van der Waals surface area (Å²) in [5, 5.41) is 10.4. The number of hydrogen-bond donors (Lipinski definition) is 1. The summed E-state index contributed by atoms with van der Waals surface area (Å²) in [4.78, 5) is 0. The molecular formula is C17H24O3. The van der Waals surface area contributed by atoms with E-state index in [1.807, 2.05) is 38.1 Å². The second-order valence-corrected chi connectivity index (χ2v) is 5.85. The average Bonchev–Trinajstić information content (AvgIpc) is 2.39. The van der Waals surface area contributed by atoms with Crippen molar-refractivity contribution in [3.05, 3.63) is 42.0 Å². The summed E-state index contributed by atoms with van der Waals surface area (Å²) < 4.78 is 11.3. The van der Waals surface area contributed by atoms with Gasteiger partial charge in [0.25, 0.3) is 0 Å². The Morgan fingerprint density at radius 2 is 2.10 bits per heavy atom. The van der Waals surface area contributed by atoms with E-state index in [0.717, 1.165) is 42.8 Å². The fraction of sp³-hybridized carbons (Fsp3) is 0.529. The molecule has 0 saturated carbocycles. The standard InChI is InChI=1S/C17H24O3/c1-13(2)12-17(3,18)14-7-9-15(10-8-14)20-16-6-4-5-11-19-16/h7-10,16,18H,1,4-6,11-12H2,2-3H3. The van der Waals surface area contributed by atoms with E-state index in [4.69, 9.17) is 9.47 Å². The van der Waals surface area contributed by atoms with Crippen LogP contribution < -0.4 is 4.74 Å². The number of aliphatic hydroxyl groups is 1. The summed E-state index contributed by atoms with van der Waals surface area (Å²) in [6.07, 6.45) is 3.62. The quantitative estimate of drug-likeness (QED) is 0.832. The molecule has 1 heterocycles. The second kappa shape index (κ2) is 6.42. The third-order valence-electron chi connectivity index (χ3n) is 3.53. The number of benzene rings is 1. The van der Waals surface area contributed by atoms with Crippen molar-refractivity contribution in [2.75, 3.05) is 6.61 Å². The van der Waals surface area contributed by atoms with Gasteiger partial charge in [0.2, 0.25) is 0 Å². The first kappa shape index (κ1) is 15.1. The first-order valence-corrected chi connectivity index (χ1v) is 7.23. The van der Waals surface area contributed by atoms with Crippen molar-refractivity contribution in [2.45, 2.75) is 51.4 Å². The van der Waals surface area contributed by atoms with Gasteiger partial charge >= 0.3 is 0 Å². The maximum Gasteiger partial charge on any atom is 0.199 e. The van der Waals surface area contributed by atoms with E-state index in [2.05, 4.69) is 6.58 Å². The molecule has 0 bridgehead atoms. The van der Waals surface area contributed by atoms with Gasteiger partial charge in [-0.25, -0.2) is 0 Å². The lowest BCUT2D eigenvalue weighted by atomic mass is 9.90. The molecule has 1 fully saturated rings. The molecule has 2 unspecified atom stereocenters. The smallest absolute Gasteiger partial charge is 0.199 e. The molecule has 1 N–H and O–H groups in total. The van der Waals surface area contributed by atoms with E-state index >= 15 is 0 Å². The number of ether oxygens (including phenoxy) is 2. The van der Waals surface area contributed by atoms with Crippen molar-refractivity contribution < 1.29 is 14.6 Å². The highest BCUT2D eigenvalue weighted by atomic mass is 16.7. The van der Waals surface area contributed by atoms with E-state index < -0.39 is 5.60 Å². The van der Waals surface area contributed by atoms with Gasteiger partial charge in [0.15, 0.2) is 6.29 Å². The zero-order chi connectivity index (χ0) is 14.6. The SMILES string of the molecule is C=C(C)CC(C)(O)c1ccc(OC2CCCCO2)cc1. The summed E-state index contributed by atoms with van der Waals surface area (Å²) in [7, 11) is 0. The van der Waals surface area contributed by atoms with Gasteiger partial charge in [0.05, 0.1) is 12.2 Å². The van der Waals surface area contributed by atoms with Crippen LogP contribution in [0.15, 0.2) is 36.4 Å². The summed E-state index contributed by atoms with van der Waals surface area (Å²) >= 11 is 0. The highest BCUT2D eigenvalue weighted by molar-refractivity contribution is 5.31. The van der Waals surface area contributed by atoms with Gasteiger partial charge in [-0.3, -0.25) is 0 Å². The predicted molar refractivity (Wildman–Crippen MR) is 79.7 cm³/mol. The minimum Gasteiger partial charge on any atom is -0.465 e. The van der Waals surface area contributed by atoms with Gasteiger partial charge in [-0.1, -0.05) is 17.7 Å². The molecule has 0 amide bonds. The van der Waals surface area contributed by atoms with Crippen LogP contribution in [0.5, 0.6) is 5.75 Å². The maximum atomic E-state index is 10.4. The van der Waals surface area contributed by atoms with Crippen LogP contribution in [0.2, 0.25) is 0 Å². The molecule has 2 atom stereocenters. The molecule has 1 aromatic rings. The van der Waals surface area contributed by atoms with Crippen LogP contribution >= 0.6 is 0 Å². The molecule has 1 aliphatic rings. The Labute approximate surface area is 121 Å². The Morgan fingerprint density at radius 3 is 2.65 bits per heavy atom. The Balaban J connectivity index is 2.00. The normalized spacial score (nSPS) is 22.1. The highest BCUT2D eigenvalue weighted by Crippen LogP contribution is 2.29. The minimum atomic E-state index is -0.883. The lowest BCUT2D eigenvalue weighted by Gasteiger charge is -2.26. The Bertz CT molecular complexity index is 442. The predicted octanol–water partition coefficient (Wildman–Crippen LogP) is 3.77. The molecule has 1 aliphatic heterocycles. The molecule has 1 saturated heterocycles. The van der Waals surface area contributed by atoms with Crippen LogP contribution in [0.25, 0.3) is 0 Å². The van der Waals surface area contributed by atoms with Gasteiger partial charge in [-0.2, -0.15) is 0 Å².